The Bertz CT molecular complexity index is 328. The van der Waals surface area contributed by atoms with E-state index >= 15 is 0 Å². The highest BCUT2D eigenvalue weighted by molar-refractivity contribution is 5.47. The number of hydrogen-bond acceptors (Lipinski definition) is 0. The summed E-state index contributed by atoms with van der Waals surface area (Å²) < 4.78 is 0. The first-order valence-corrected chi connectivity index (χ1v) is 5.98. The molecule has 15 heavy (non-hydrogen) atoms. The summed E-state index contributed by atoms with van der Waals surface area (Å²) in [5.74, 6) is 0. The minimum absolute atomic E-state index is 0.320. The molecule has 0 saturated carbocycles. The van der Waals surface area contributed by atoms with Gasteiger partial charge in [0.2, 0.25) is 0 Å². The fourth-order valence-corrected chi connectivity index (χ4v) is 2.40. The molecule has 1 N–H and O–H groups in total. The molecule has 84 valence electrons. The van der Waals surface area contributed by atoms with Crippen molar-refractivity contribution in [2.75, 3.05) is 7.05 Å². The van der Waals surface area contributed by atoms with Gasteiger partial charge in [-0.25, -0.2) is 0 Å². The lowest BCUT2D eigenvalue weighted by Gasteiger charge is -2.23. The van der Waals surface area contributed by atoms with E-state index in [0.717, 1.165) is 0 Å². The first-order valence-electron chi connectivity index (χ1n) is 5.98. The maximum absolute atomic E-state index is 2.34. The van der Waals surface area contributed by atoms with E-state index in [-0.39, 0.29) is 0 Å². The van der Waals surface area contributed by atoms with Crippen LogP contribution in [0.5, 0.6) is 0 Å². The number of quaternary nitrogens is 1. The van der Waals surface area contributed by atoms with Crippen LogP contribution >= 0.6 is 0 Å². The van der Waals surface area contributed by atoms with Crippen LogP contribution in [0, 0.1) is 0 Å². The lowest BCUT2D eigenvalue weighted by molar-refractivity contribution is -0.834. The molecule has 1 aliphatic heterocycles. The van der Waals surface area contributed by atoms with Gasteiger partial charge in [-0.3, -0.25) is 0 Å². The molecule has 0 aliphatic carbocycles. The maximum atomic E-state index is 2.34. The molecule has 1 heterocycles. The van der Waals surface area contributed by atoms with Crippen molar-refractivity contribution in [3.8, 4) is 0 Å². The monoisotopic (exact) mass is 206 g/mol. The van der Waals surface area contributed by atoms with Crippen LogP contribution in [-0.4, -0.2) is 13.1 Å². The lowest BCUT2D eigenvalue weighted by atomic mass is 9.81. The number of para-hydroxylation sites is 1. The molecule has 0 bridgehead atoms. The lowest BCUT2D eigenvalue weighted by Crippen LogP contribution is -3.07. The molecule has 1 aliphatic rings. The zero-order valence-corrected chi connectivity index (χ0v) is 10.9. The topological polar surface area (TPSA) is 4.44 Å². The zero-order chi connectivity index (χ0) is 11.6. The normalized spacial score (nSPS) is 26.5. The molecule has 1 nitrogen and oxygen atoms in total. The van der Waals surface area contributed by atoms with Crippen molar-refractivity contribution in [2.45, 2.75) is 46.1 Å². The van der Waals surface area contributed by atoms with Crippen molar-refractivity contribution in [3.63, 3.8) is 0 Å². The molecule has 1 heteroatoms. The van der Waals surface area contributed by atoms with Crippen LogP contribution in [-0.2, 0) is 5.41 Å². The third-order valence-electron chi connectivity index (χ3n) is 3.78. The third kappa shape index (κ3) is 1.81. The van der Waals surface area contributed by atoms with Gasteiger partial charge >= 0.3 is 0 Å². The number of hydrogen-bond donors (Lipinski definition) is 1. The number of benzene rings is 1. The molecule has 1 aromatic carbocycles. The molecule has 0 fully saturated rings. The van der Waals surface area contributed by atoms with Crippen LogP contribution in [0.4, 0.5) is 5.69 Å². The minimum Gasteiger partial charge on any atom is -0.302 e. The summed E-state index contributed by atoms with van der Waals surface area (Å²) in [5, 5.41) is 0. The van der Waals surface area contributed by atoms with Crippen molar-refractivity contribution >= 4 is 5.69 Å². The van der Waals surface area contributed by atoms with Crippen molar-refractivity contribution in [1.82, 2.24) is 0 Å². The Morgan fingerprint density at radius 3 is 2.20 bits per heavy atom. The predicted molar refractivity (Wildman–Crippen MR) is 66.8 cm³/mol. The van der Waals surface area contributed by atoms with Gasteiger partial charge in [-0.2, -0.15) is 0 Å². The smallest absolute Gasteiger partial charge is 0.135 e. The summed E-state index contributed by atoms with van der Waals surface area (Å²) in [5.41, 5.74) is 3.31. The SMILES string of the molecule is CC.CC1[NH+](C)c2ccccc2C1(C)C. The standard InChI is InChI=1S/C12H17N.C2H6/c1-9-12(2,3)10-7-5-6-8-11(10)13(9)4;1-2/h5-9H,1-4H3;1-2H3/p+1. The number of likely N-dealkylation sites (N-methyl/N-ethyl adjacent to an activating group) is 1. The van der Waals surface area contributed by atoms with E-state index in [9.17, 15) is 0 Å². The summed E-state index contributed by atoms with van der Waals surface area (Å²) in [6.45, 7) is 11.0. The van der Waals surface area contributed by atoms with Gasteiger partial charge in [-0.05, 0) is 26.8 Å². The quantitative estimate of drug-likeness (QED) is 0.665. The van der Waals surface area contributed by atoms with E-state index in [1.54, 1.807) is 4.90 Å². The summed E-state index contributed by atoms with van der Waals surface area (Å²) in [7, 11) is 2.26. The minimum atomic E-state index is 0.320. The van der Waals surface area contributed by atoms with Crippen molar-refractivity contribution in [2.24, 2.45) is 0 Å². The van der Waals surface area contributed by atoms with Crippen LogP contribution in [0.15, 0.2) is 24.3 Å². The van der Waals surface area contributed by atoms with E-state index in [2.05, 4.69) is 52.1 Å². The van der Waals surface area contributed by atoms with Gasteiger partial charge in [0.1, 0.15) is 5.69 Å². The van der Waals surface area contributed by atoms with Crippen LogP contribution in [0.2, 0.25) is 0 Å². The highest BCUT2D eigenvalue weighted by Crippen LogP contribution is 2.35. The predicted octanol–water partition coefficient (Wildman–Crippen LogP) is 2.54. The first-order chi connectivity index (χ1) is 7.05. The summed E-state index contributed by atoms with van der Waals surface area (Å²) in [4.78, 5) is 1.54. The van der Waals surface area contributed by atoms with Crippen molar-refractivity contribution in [3.05, 3.63) is 29.8 Å². The molecule has 2 atom stereocenters. The molecule has 0 saturated heterocycles. The summed E-state index contributed by atoms with van der Waals surface area (Å²) >= 11 is 0. The van der Waals surface area contributed by atoms with E-state index in [0.29, 0.717) is 11.5 Å². The van der Waals surface area contributed by atoms with E-state index in [4.69, 9.17) is 0 Å². The third-order valence-corrected chi connectivity index (χ3v) is 3.78. The maximum Gasteiger partial charge on any atom is 0.135 e. The number of nitrogens with one attached hydrogen (secondary N) is 1. The second-order valence-corrected chi connectivity index (χ2v) is 4.67. The summed E-state index contributed by atoms with van der Waals surface area (Å²) in [6, 6.07) is 9.46. The molecule has 0 amide bonds. The Labute approximate surface area is 94.1 Å². The van der Waals surface area contributed by atoms with Gasteiger partial charge in [-0.15, -0.1) is 0 Å². The van der Waals surface area contributed by atoms with E-state index in [1.807, 2.05) is 13.8 Å². The van der Waals surface area contributed by atoms with E-state index < -0.39 is 0 Å². The van der Waals surface area contributed by atoms with Crippen LogP contribution < -0.4 is 4.90 Å². The molecular formula is C14H24N+. The van der Waals surface area contributed by atoms with Crippen LogP contribution in [0.1, 0.15) is 40.2 Å². The van der Waals surface area contributed by atoms with Gasteiger partial charge in [0.15, 0.2) is 0 Å². The van der Waals surface area contributed by atoms with Gasteiger partial charge in [0.05, 0.1) is 13.1 Å². The highest BCUT2D eigenvalue weighted by atomic mass is 15.2. The van der Waals surface area contributed by atoms with Crippen LogP contribution in [0.25, 0.3) is 0 Å². The summed E-state index contributed by atoms with van der Waals surface area (Å²) in [6.07, 6.45) is 0. The highest BCUT2D eigenvalue weighted by Gasteiger charge is 2.44. The number of rotatable bonds is 0. The second-order valence-electron chi connectivity index (χ2n) is 4.67. The molecule has 2 rings (SSSR count). The fourth-order valence-electron chi connectivity index (χ4n) is 2.40. The number of fused-ring (bicyclic) bond motifs is 1. The molecule has 0 spiro atoms. The van der Waals surface area contributed by atoms with Gasteiger partial charge in [0.25, 0.3) is 0 Å². The molecular weight excluding hydrogens is 182 g/mol. The largest absolute Gasteiger partial charge is 0.302 e. The Hall–Kier alpha value is -0.820. The van der Waals surface area contributed by atoms with Crippen molar-refractivity contribution in [1.29, 1.82) is 0 Å². The Morgan fingerprint density at radius 2 is 1.67 bits per heavy atom. The van der Waals surface area contributed by atoms with Gasteiger partial charge in [0, 0.05) is 11.0 Å². The average Bonchev–Trinajstić information content (AvgIpc) is 2.45. The van der Waals surface area contributed by atoms with Crippen molar-refractivity contribution < 1.29 is 4.90 Å². The van der Waals surface area contributed by atoms with E-state index in [1.165, 1.54) is 11.3 Å². The first kappa shape index (κ1) is 12.3. The molecule has 2 unspecified atom stereocenters. The Balaban J connectivity index is 0.000000531. The molecule has 0 aromatic heterocycles. The Kier molecular flexibility index (Phi) is 3.56. The second kappa shape index (κ2) is 4.36. The average molecular weight is 206 g/mol. The molecule has 1 aromatic rings. The van der Waals surface area contributed by atoms with Gasteiger partial charge < -0.3 is 4.90 Å². The Morgan fingerprint density at radius 1 is 1.13 bits per heavy atom. The molecule has 0 radical (unpaired) electrons. The van der Waals surface area contributed by atoms with Gasteiger partial charge in [-0.1, -0.05) is 32.0 Å². The van der Waals surface area contributed by atoms with Crippen LogP contribution in [0.3, 0.4) is 0 Å². The zero-order valence-electron chi connectivity index (χ0n) is 10.9. The fraction of sp³-hybridized carbons (Fsp3) is 0.571.